The van der Waals surface area contributed by atoms with Gasteiger partial charge in [0, 0.05) is 38.1 Å². The molecule has 30 heavy (non-hydrogen) atoms. The molecule has 0 radical (unpaired) electrons. The van der Waals surface area contributed by atoms with Gasteiger partial charge in [0.25, 0.3) is 5.91 Å². The van der Waals surface area contributed by atoms with Crippen LogP contribution >= 0.6 is 0 Å². The van der Waals surface area contributed by atoms with E-state index in [4.69, 9.17) is 5.26 Å². The number of nitrogens with zero attached hydrogens (tertiary/aromatic N) is 3. The van der Waals surface area contributed by atoms with Crippen molar-refractivity contribution in [1.82, 2.24) is 21.2 Å². The lowest BCUT2D eigenvalue weighted by Gasteiger charge is -2.34. The zero-order valence-electron chi connectivity index (χ0n) is 17.6. The zero-order chi connectivity index (χ0) is 21.3. The maximum atomic E-state index is 12.8. The minimum absolute atomic E-state index is 0.108. The van der Waals surface area contributed by atoms with E-state index in [2.05, 4.69) is 56.4 Å². The molecule has 7 heteroatoms. The fourth-order valence-electron chi connectivity index (χ4n) is 4.64. The summed E-state index contributed by atoms with van der Waals surface area (Å²) >= 11 is 0. The second-order valence-corrected chi connectivity index (χ2v) is 8.51. The summed E-state index contributed by atoms with van der Waals surface area (Å²) in [6.07, 6.45) is 4.30. The van der Waals surface area contributed by atoms with E-state index in [1.165, 1.54) is 17.4 Å². The first-order valence-electron chi connectivity index (χ1n) is 10.4. The first kappa shape index (κ1) is 20.3. The van der Waals surface area contributed by atoms with Gasteiger partial charge in [0.1, 0.15) is 11.8 Å². The highest BCUT2D eigenvalue weighted by Gasteiger charge is 2.41. The second kappa shape index (κ2) is 8.42. The summed E-state index contributed by atoms with van der Waals surface area (Å²) in [5.74, 6) is 0.238. The van der Waals surface area contributed by atoms with Gasteiger partial charge in [0.2, 0.25) is 0 Å². The van der Waals surface area contributed by atoms with Gasteiger partial charge >= 0.3 is 0 Å². The molecule has 4 rings (SSSR count). The highest BCUT2D eigenvalue weighted by atomic mass is 16.1. The summed E-state index contributed by atoms with van der Waals surface area (Å²) < 4.78 is 0. The van der Waals surface area contributed by atoms with Crippen LogP contribution in [0.3, 0.4) is 0 Å². The van der Waals surface area contributed by atoms with Crippen molar-refractivity contribution in [2.75, 3.05) is 19.0 Å². The molecule has 2 fully saturated rings. The van der Waals surface area contributed by atoms with Crippen molar-refractivity contribution in [3.63, 3.8) is 0 Å². The van der Waals surface area contributed by atoms with E-state index in [1.807, 2.05) is 21.0 Å². The number of hydrogen-bond donors (Lipinski definition) is 3. The molecule has 2 aliphatic rings. The van der Waals surface area contributed by atoms with E-state index in [9.17, 15) is 4.79 Å². The van der Waals surface area contributed by atoms with Crippen LogP contribution in [0.25, 0.3) is 0 Å². The Morgan fingerprint density at radius 2 is 2.10 bits per heavy atom. The lowest BCUT2D eigenvalue weighted by atomic mass is 9.77. The number of aromatic nitrogens is 1. The second-order valence-electron chi connectivity index (χ2n) is 8.51. The van der Waals surface area contributed by atoms with Gasteiger partial charge in [-0.15, -0.1) is 0 Å². The van der Waals surface area contributed by atoms with Crippen molar-refractivity contribution in [3.8, 4) is 6.07 Å². The lowest BCUT2D eigenvalue weighted by molar-refractivity contribution is 0.0909. The highest BCUT2D eigenvalue weighted by molar-refractivity contribution is 5.93. The van der Waals surface area contributed by atoms with Crippen LogP contribution in [0.4, 0.5) is 5.69 Å². The molecule has 2 aromatic rings. The number of hydrazine groups is 1. The van der Waals surface area contributed by atoms with Gasteiger partial charge in [-0.2, -0.15) is 5.26 Å². The van der Waals surface area contributed by atoms with Crippen LogP contribution < -0.4 is 21.1 Å². The predicted molar refractivity (Wildman–Crippen MR) is 116 cm³/mol. The molecule has 1 aliphatic carbocycles. The van der Waals surface area contributed by atoms with Crippen molar-refractivity contribution in [2.45, 2.75) is 44.3 Å². The molecule has 4 unspecified atom stereocenters. The summed E-state index contributed by atoms with van der Waals surface area (Å²) in [5.41, 5.74) is 11.0. The monoisotopic (exact) mass is 404 g/mol. The Morgan fingerprint density at radius 3 is 2.83 bits per heavy atom. The predicted octanol–water partition coefficient (Wildman–Crippen LogP) is 2.44. The quantitative estimate of drug-likeness (QED) is 0.725. The summed E-state index contributed by atoms with van der Waals surface area (Å²) in [4.78, 5) is 19.1. The van der Waals surface area contributed by atoms with Crippen molar-refractivity contribution in [2.24, 2.45) is 5.92 Å². The number of fused-ring (bicyclic) bond motifs is 1. The highest BCUT2D eigenvalue weighted by Crippen LogP contribution is 2.38. The standard InChI is InChI=1S/C23H28N6O/c1-14-9-15(12-24)13-25-21(14)23(30)26-17-7-8-20-19(11-17)22(28-27-20)16-5-4-6-18(10-16)29(2)3/h4-6,9-10,13,17,19-20,22,27-28H,7-8,11H2,1-3H3,(H,26,30). The van der Waals surface area contributed by atoms with Crippen molar-refractivity contribution in [1.29, 1.82) is 5.26 Å². The summed E-state index contributed by atoms with van der Waals surface area (Å²) in [6.45, 7) is 1.82. The molecule has 3 N–H and O–H groups in total. The van der Waals surface area contributed by atoms with Crippen LogP contribution in [-0.2, 0) is 0 Å². The Balaban J connectivity index is 1.46. The van der Waals surface area contributed by atoms with E-state index in [0.29, 0.717) is 23.2 Å². The van der Waals surface area contributed by atoms with Gasteiger partial charge in [-0.25, -0.2) is 10.4 Å². The topological polar surface area (TPSA) is 93.1 Å². The van der Waals surface area contributed by atoms with Crippen LogP contribution in [-0.4, -0.2) is 37.1 Å². The molecule has 7 nitrogen and oxygen atoms in total. The summed E-state index contributed by atoms with van der Waals surface area (Å²) in [7, 11) is 4.10. The fourth-order valence-corrected chi connectivity index (χ4v) is 4.64. The van der Waals surface area contributed by atoms with E-state index >= 15 is 0 Å². The largest absolute Gasteiger partial charge is 0.378 e. The van der Waals surface area contributed by atoms with Crippen LogP contribution in [0.2, 0.25) is 0 Å². The Labute approximate surface area is 177 Å². The van der Waals surface area contributed by atoms with Gasteiger partial charge < -0.3 is 10.2 Å². The Morgan fingerprint density at radius 1 is 1.27 bits per heavy atom. The van der Waals surface area contributed by atoms with Gasteiger partial charge in [0.15, 0.2) is 0 Å². The number of hydrogen-bond acceptors (Lipinski definition) is 6. The number of carbonyl (C=O) groups excluding carboxylic acids is 1. The van der Waals surface area contributed by atoms with Crippen LogP contribution in [0.1, 0.15) is 52.5 Å². The molecule has 1 aromatic carbocycles. The molecule has 1 aromatic heterocycles. The van der Waals surface area contributed by atoms with Gasteiger partial charge in [-0.1, -0.05) is 12.1 Å². The molecule has 156 valence electrons. The number of pyridine rings is 1. The average Bonchev–Trinajstić information content (AvgIpc) is 3.16. The molecule has 1 aliphatic heterocycles. The SMILES string of the molecule is Cc1cc(C#N)cnc1C(=O)NC1CCC2NNC(c3cccc(N(C)C)c3)C2C1. The van der Waals surface area contributed by atoms with Gasteiger partial charge in [0.05, 0.1) is 11.6 Å². The number of anilines is 1. The number of amides is 1. The summed E-state index contributed by atoms with van der Waals surface area (Å²) in [5, 5.41) is 12.2. The Bertz CT molecular complexity index is 982. The minimum Gasteiger partial charge on any atom is -0.378 e. The van der Waals surface area contributed by atoms with Gasteiger partial charge in [-0.3, -0.25) is 10.2 Å². The third kappa shape index (κ3) is 4.02. The molecular weight excluding hydrogens is 376 g/mol. The number of nitrogens with one attached hydrogen (secondary N) is 3. The number of aryl methyl sites for hydroxylation is 1. The van der Waals surface area contributed by atoms with Crippen LogP contribution in [0.5, 0.6) is 0 Å². The molecule has 0 spiro atoms. The molecule has 1 amide bonds. The van der Waals surface area contributed by atoms with E-state index in [0.717, 1.165) is 24.8 Å². The van der Waals surface area contributed by atoms with Crippen molar-refractivity contribution in [3.05, 3.63) is 58.9 Å². The molecule has 1 saturated heterocycles. The number of nitriles is 1. The normalized spacial score (nSPS) is 25.3. The minimum atomic E-state index is -0.162. The van der Waals surface area contributed by atoms with E-state index in [1.54, 1.807) is 6.07 Å². The van der Waals surface area contributed by atoms with E-state index in [-0.39, 0.29) is 18.0 Å². The Hall–Kier alpha value is -2.95. The molecule has 4 atom stereocenters. The van der Waals surface area contributed by atoms with Crippen LogP contribution in [0, 0.1) is 24.2 Å². The molecule has 2 heterocycles. The fraction of sp³-hybridized carbons (Fsp3) is 0.435. The smallest absolute Gasteiger partial charge is 0.270 e. The Kier molecular flexibility index (Phi) is 5.71. The zero-order valence-corrected chi connectivity index (χ0v) is 17.6. The molecule has 1 saturated carbocycles. The maximum Gasteiger partial charge on any atom is 0.270 e. The van der Waals surface area contributed by atoms with Crippen molar-refractivity contribution < 1.29 is 4.79 Å². The summed E-state index contributed by atoms with van der Waals surface area (Å²) in [6, 6.07) is 13.1. The maximum absolute atomic E-state index is 12.8. The first-order valence-corrected chi connectivity index (χ1v) is 10.4. The number of benzene rings is 1. The lowest BCUT2D eigenvalue weighted by Crippen LogP contribution is -2.44. The first-order chi connectivity index (χ1) is 14.5. The average molecular weight is 405 g/mol. The van der Waals surface area contributed by atoms with E-state index < -0.39 is 0 Å². The number of rotatable bonds is 4. The van der Waals surface area contributed by atoms with Crippen molar-refractivity contribution >= 4 is 11.6 Å². The molecular formula is C23H28N6O. The van der Waals surface area contributed by atoms with Crippen LogP contribution in [0.15, 0.2) is 36.5 Å². The molecule has 0 bridgehead atoms. The van der Waals surface area contributed by atoms with Gasteiger partial charge in [-0.05, 0) is 61.4 Å². The number of carbonyl (C=O) groups is 1. The third-order valence-corrected chi connectivity index (χ3v) is 6.26. The third-order valence-electron chi connectivity index (χ3n) is 6.26.